The van der Waals surface area contributed by atoms with Crippen LogP contribution in [0, 0.1) is 0 Å². The third-order valence-electron chi connectivity index (χ3n) is 3.60. The van der Waals surface area contributed by atoms with Gasteiger partial charge in [-0.3, -0.25) is 9.59 Å². The van der Waals surface area contributed by atoms with Gasteiger partial charge in [0.05, 0.1) is 6.04 Å². The summed E-state index contributed by atoms with van der Waals surface area (Å²) in [6, 6.07) is -0.183. The van der Waals surface area contributed by atoms with Crippen molar-refractivity contribution in [1.82, 2.24) is 20.0 Å². The number of amides is 2. The van der Waals surface area contributed by atoms with Crippen molar-refractivity contribution in [2.45, 2.75) is 39.2 Å². The van der Waals surface area contributed by atoms with Crippen LogP contribution >= 0.6 is 11.3 Å². The van der Waals surface area contributed by atoms with Crippen LogP contribution in [0.5, 0.6) is 0 Å². The van der Waals surface area contributed by atoms with Gasteiger partial charge in [0.25, 0.3) is 5.91 Å². The molecule has 0 unspecified atom stereocenters. The van der Waals surface area contributed by atoms with E-state index < -0.39 is 0 Å². The van der Waals surface area contributed by atoms with Crippen molar-refractivity contribution in [3.63, 3.8) is 0 Å². The highest BCUT2D eigenvalue weighted by Gasteiger charge is 2.34. The highest BCUT2D eigenvalue weighted by atomic mass is 32.1. The van der Waals surface area contributed by atoms with Crippen LogP contribution in [-0.2, 0) is 11.2 Å². The maximum absolute atomic E-state index is 12.7. The lowest BCUT2D eigenvalue weighted by Crippen LogP contribution is -2.31. The van der Waals surface area contributed by atoms with Gasteiger partial charge in [-0.25, -0.2) is 4.98 Å². The topological polar surface area (TPSA) is 101 Å². The third kappa shape index (κ3) is 3.24. The van der Waals surface area contributed by atoms with Crippen LogP contribution in [0.2, 0.25) is 0 Å². The maximum atomic E-state index is 12.7. The number of hydrogen-bond acceptors (Lipinski definition) is 7. The summed E-state index contributed by atoms with van der Waals surface area (Å²) in [6.07, 6.45) is 2.35. The van der Waals surface area contributed by atoms with Gasteiger partial charge >= 0.3 is 0 Å². The Labute approximate surface area is 136 Å². The summed E-state index contributed by atoms with van der Waals surface area (Å²) in [4.78, 5) is 34.0. The van der Waals surface area contributed by atoms with E-state index in [-0.39, 0.29) is 17.9 Å². The second-order valence-electron chi connectivity index (χ2n) is 5.28. The molecule has 1 aliphatic heterocycles. The molecule has 1 fully saturated rings. The summed E-state index contributed by atoms with van der Waals surface area (Å²) < 4.78 is 5.15. The predicted molar refractivity (Wildman–Crippen MR) is 83.1 cm³/mol. The van der Waals surface area contributed by atoms with Crippen LogP contribution in [0.1, 0.15) is 54.9 Å². The first-order chi connectivity index (χ1) is 11.1. The number of nitrogens with zero attached hydrogens (tertiary/aromatic N) is 4. The Morgan fingerprint density at radius 2 is 2.30 bits per heavy atom. The number of aryl methyl sites for hydroxylation is 1. The molecule has 1 atom stereocenters. The van der Waals surface area contributed by atoms with Crippen molar-refractivity contribution in [2.24, 2.45) is 0 Å². The smallest absolute Gasteiger partial charge is 0.274 e. The quantitative estimate of drug-likeness (QED) is 0.917. The van der Waals surface area contributed by atoms with Crippen LogP contribution in [0.4, 0.5) is 5.13 Å². The molecular weight excluding hydrogens is 318 g/mol. The Hall–Kier alpha value is -2.29. The van der Waals surface area contributed by atoms with Crippen molar-refractivity contribution in [3.05, 3.63) is 22.8 Å². The van der Waals surface area contributed by atoms with E-state index >= 15 is 0 Å². The lowest BCUT2D eigenvalue weighted by atomic mass is 10.2. The summed E-state index contributed by atoms with van der Waals surface area (Å²) in [6.45, 7) is 3.97. The largest absolute Gasteiger partial charge is 0.339 e. The number of aromatic nitrogens is 3. The van der Waals surface area contributed by atoms with E-state index in [0.29, 0.717) is 35.5 Å². The van der Waals surface area contributed by atoms with Gasteiger partial charge in [0.1, 0.15) is 5.69 Å². The van der Waals surface area contributed by atoms with Gasteiger partial charge in [-0.05, 0) is 12.8 Å². The van der Waals surface area contributed by atoms with Crippen LogP contribution in [0.3, 0.4) is 0 Å². The highest BCUT2D eigenvalue weighted by molar-refractivity contribution is 7.14. The van der Waals surface area contributed by atoms with Gasteiger partial charge in [-0.1, -0.05) is 12.1 Å². The summed E-state index contributed by atoms with van der Waals surface area (Å²) in [5, 5.41) is 8.64. The van der Waals surface area contributed by atoms with Gasteiger partial charge < -0.3 is 14.7 Å². The maximum Gasteiger partial charge on any atom is 0.274 e. The molecule has 2 aromatic rings. The SMILES string of the molecule is CCc1nc([C@H]2CCCN2C(=O)c2csc(NC(C)=O)n2)no1. The zero-order chi connectivity index (χ0) is 16.4. The second-order valence-corrected chi connectivity index (χ2v) is 6.13. The molecule has 1 aliphatic rings. The molecule has 0 saturated carbocycles. The minimum absolute atomic E-state index is 0.178. The number of carbonyl (C=O) groups excluding carboxylic acids is 2. The van der Waals surface area contributed by atoms with Crippen LogP contribution in [-0.4, -0.2) is 38.4 Å². The van der Waals surface area contributed by atoms with Crippen LogP contribution in [0.25, 0.3) is 0 Å². The zero-order valence-electron chi connectivity index (χ0n) is 12.9. The molecule has 1 saturated heterocycles. The fraction of sp³-hybridized carbons (Fsp3) is 0.500. The number of rotatable bonds is 4. The number of anilines is 1. The standard InChI is InChI=1S/C14H17N5O3S/c1-3-11-17-12(18-22-11)10-5-4-6-19(10)13(21)9-7-23-14(16-9)15-8(2)20/h7,10H,3-6H2,1-2H3,(H,15,16,20)/t10-/m1/s1. The fourth-order valence-corrected chi connectivity index (χ4v) is 3.28. The average molecular weight is 335 g/mol. The minimum Gasteiger partial charge on any atom is -0.339 e. The Balaban J connectivity index is 1.77. The van der Waals surface area contributed by atoms with E-state index in [9.17, 15) is 9.59 Å². The normalized spacial score (nSPS) is 17.5. The van der Waals surface area contributed by atoms with E-state index in [1.54, 1.807) is 10.3 Å². The molecule has 122 valence electrons. The molecule has 1 N–H and O–H groups in total. The van der Waals surface area contributed by atoms with E-state index in [1.807, 2.05) is 6.92 Å². The van der Waals surface area contributed by atoms with Gasteiger partial charge in [-0.2, -0.15) is 4.98 Å². The second kappa shape index (κ2) is 6.45. The number of hydrogen-bond donors (Lipinski definition) is 1. The van der Waals surface area contributed by atoms with E-state index in [2.05, 4.69) is 20.4 Å². The molecule has 0 aromatic carbocycles. The predicted octanol–water partition coefficient (Wildman–Crippen LogP) is 2.02. The first kappa shape index (κ1) is 15.6. The molecule has 3 heterocycles. The molecule has 2 amide bonds. The number of likely N-dealkylation sites (tertiary alicyclic amines) is 1. The Morgan fingerprint density at radius 1 is 1.48 bits per heavy atom. The summed E-state index contributed by atoms with van der Waals surface area (Å²) in [7, 11) is 0. The minimum atomic E-state index is -0.212. The summed E-state index contributed by atoms with van der Waals surface area (Å²) in [5.41, 5.74) is 0.324. The van der Waals surface area contributed by atoms with E-state index in [0.717, 1.165) is 12.8 Å². The van der Waals surface area contributed by atoms with Crippen LogP contribution in [0.15, 0.2) is 9.90 Å². The Kier molecular flexibility index (Phi) is 4.37. The molecule has 2 aromatic heterocycles. The molecular formula is C14H17N5O3S. The van der Waals surface area contributed by atoms with Gasteiger partial charge in [0, 0.05) is 25.3 Å². The monoisotopic (exact) mass is 335 g/mol. The number of carbonyl (C=O) groups is 2. The highest BCUT2D eigenvalue weighted by Crippen LogP contribution is 2.32. The molecule has 3 rings (SSSR count). The van der Waals surface area contributed by atoms with Gasteiger partial charge in [0.2, 0.25) is 11.8 Å². The van der Waals surface area contributed by atoms with E-state index in [4.69, 9.17) is 4.52 Å². The molecule has 0 radical (unpaired) electrons. The molecule has 8 nitrogen and oxygen atoms in total. The van der Waals surface area contributed by atoms with Crippen LogP contribution < -0.4 is 5.32 Å². The Bertz CT molecular complexity index is 726. The zero-order valence-corrected chi connectivity index (χ0v) is 13.7. The lowest BCUT2D eigenvalue weighted by Gasteiger charge is -2.21. The molecule has 0 aliphatic carbocycles. The molecule has 0 spiro atoms. The van der Waals surface area contributed by atoms with Crippen molar-refractivity contribution < 1.29 is 14.1 Å². The van der Waals surface area contributed by atoms with Crippen molar-refractivity contribution in [2.75, 3.05) is 11.9 Å². The van der Waals surface area contributed by atoms with Gasteiger partial charge in [-0.15, -0.1) is 11.3 Å². The van der Waals surface area contributed by atoms with Crippen molar-refractivity contribution in [3.8, 4) is 0 Å². The summed E-state index contributed by atoms with van der Waals surface area (Å²) >= 11 is 1.23. The summed E-state index contributed by atoms with van der Waals surface area (Å²) in [5.74, 6) is 0.727. The first-order valence-corrected chi connectivity index (χ1v) is 8.33. The molecule has 9 heteroatoms. The lowest BCUT2D eigenvalue weighted by molar-refractivity contribution is -0.114. The third-order valence-corrected chi connectivity index (χ3v) is 4.36. The molecule has 0 bridgehead atoms. The Morgan fingerprint density at radius 3 is 3.00 bits per heavy atom. The van der Waals surface area contributed by atoms with Crippen molar-refractivity contribution in [1.29, 1.82) is 0 Å². The van der Waals surface area contributed by atoms with E-state index in [1.165, 1.54) is 18.3 Å². The number of nitrogens with one attached hydrogen (secondary N) is 1. The molecule has 23 heavy (non-hydrogen) atoms. The fourth-order valence-electron chi connectivity index (χ4n) is 2.55. The average Bonchev–Trinajstić information content (AvgIpc) is 3.25. The first-order valence-electron chi connectivity index (χ1n) is 7.45. The van der Waals surface area contributed by atoms with Crippen molar-refractivity contribution >= 4 is 28.3 Å². The number of thiazole rings is 1. The van der Waals surface area contributed by atoms with Gasteiger partial charge in [0.15, 0.2) is 11.0 Å².